The maximum absolute atomic E-state index is 11.5. The Bertz CT molecular complexity index is 510. The smallest absolute Gasteiger partial charge is 0.326 e. The van der Waals surface area contributed by atoms with E-state index >= 15 is 0 Å². The number of hydrogen-bond donors (Lipinski definition) is 3. The summed E-state index contributed by atoms with van der Waals surface area (Å²) < 4.78 is 0. The van der Waals surface area contributed by atoms with Crippen LogP contribution in [-0.2, 0) is 16.0 Å². The lowest BCUT2D eigenvalue weighted by atomic mass is 10.1. The number of carboxylic acid groups (broad SMARTS) is 1. The van der Waals surface area contributed by atoms with Crippen LogP contribution in [0.15, 0.2) is 24.3 Å². The number of aromatic hydroxyl groups is 1. The Morgan fingerprint density at radius 1 is 1.35 bits per heavy atom. The number of hydrogen-bond acceptors (Lipinski definition) is 5. The van der Waals surface area contributed by atoms with Crippen LogP contribution in [0.1, 0.15) is 5.56 Å². The first-order valence-electron chi connectivity index (χ1n) is 5.77. The number of thioether (sulfide) groups is 1. The van der Waals surface area contributed by atoms with E-state index < -0.39 is 17.9 Å². The second-order valence-corrected chi connectivity index (χ2v) is 4.97. The normalized spacial score (nSPS) is 11.3. The molecule has 0 aliphatic heterocycles. The summed E-state index contributed by atoms with van der Waals surface area (Å²) in [6, 6.07) is 6.97. The van der Waals surface area contributed by atoms with E-state index in [-0.39, 0.29) is 23.7 Å². The SMILES string of the molecule is N#CCSCC(=O)N[C@H](Cc1ccc(O)cc1)C(=O)O. The third-order valence-corrected chi connectivity index (χ3v) is 3.21. The second kappa shape index (κ2) is 8.07. The van der Waals surface area contributed by atoms with Crippen LogP contribution in [0.5, 0.6) is 5.75 Å². The number of nitrogens with one attached hydrogen (secondary N) is 1. The van der Waals surface area contributed by atoms with Gasteiger partial charge in [0.15, 0.2) is 0 Å². The molecule has 7 heteroatoms. The molecule has 20 heavy (non-hydrogen) atoms. The van der Waals surface area contributed by atoms with E-state index in [1.54, 1.807) is 12.1 Å². The van der Waals surface area contributed by atoms with Gasteiger partial charge in [0.2, 0.25) is 5.91 Å². The molecule has 1 aromatic rings. The Balaban J connectivity index is 2.56. The molecule has 0 heterocycles. The van der Waals surface area contributed by atoms with Crippen molar-refractivity contribution in [2.24, 2.45) is 0 Å². The third-order valence-electron chi connectivity index (χ3n) is 2.41. The summed E-state index contributed by atoms with van der Waals surface area (Å²) in [6.07, 6.45) is 0.129. The van der Waals surface area contributed by atoms with E-state index in [1.165, 1.54) is 12.1 Å². The van der Waals surface area contributed by atoms with Gasteiger partial charge < -0.3 is 15.5 Å². The summed E-state index contributed by atoms with van der Waals surface area (Å²) in [7, 11) is 0. The summed E-state index contributed by atoms with van der Waals surface area (Å²) in [5.41, 5.74) is 0.695. The molecule has 0 bridgehead atoms. The lowest BCUT2D eigenvalue weighted by Gasteiger charge is -2.14. The van der Waals surface area contributed by atoms with Gasteiger partial charge in [-0.1, -0.05) is 12.1 Å². The number of phenols is 1. The molecule has 0 aliphatic carbocycles. The summed E-state index contributed by atoms with van der Waals surface area (Å²) in [5.74, 6) is -1.22. The highest BCUT2D eigenvalue weighted by Crippen LogP contribution is 2.11. The van der Waals surface area contributed by atoms with Crippen molar-refractivity contribution in [2.75, 3.05) is 11.5 Å². The highest BCUT2D eigenvalue weighted by atomic mass is 32.2. The van der Waals surface area contributed by atoms with Crippen molar-refractivity contribution in [2.45, 2.75) is 12.5 Å². The van der Waals surface area contributed by atoms with E-state index in [9.17, 15) is 9.59 Å². The fourth-order valence-corrected chi connectivity index (χ4v) is 1.96. The predicted octanol–water partition coefficient (Wildman–Crippen LogP) is 0.761. The molecule has 0 aliphatic rings. The predicted molar refractivity (Wildman–Crippen MR) is 74.3 cm³/mol. The maximum Gasteiger partial charge on any atom is 0.326 e. The van der Waals surface area contributed by atoms with E-state index in [0.29, 0.717) is 5.56 Å². The number of aliphatic carboxylic acids is 1. The number of nitrogens with zero attached hydrogens (tertiary/aromatic N) is 1. The molecule has 106 valence electrons. The first-order valence-corrected chi connectivity index (χ1v) is 6.93. The Kier molecular flexibility index (Phi) is 6.40. The number of amides is 1. The quantitative estimate of drug-likeness (QED) is 0.640. The molecule has 0 fully saturated rings. The van der Waals surface area contributed by atoms with Crippen molar-refractivity contribution in [1.82, 2.24) is 5.32 Å². The van der Waals surface area contributed by atoms with Crippen LogP contribution in [0.2, 0.25) is 0 Å². The second-order valence-electron chi connectivity index (χ2n) is 3.98. The van der Waals surface area contributed by atoms with Gasteiger partial charge in [-0.25, -0.2) is 4.79 Å². The molecule has 1 atom stereocenters. The molecule has 0 saturated carbocycles. The van der Waals surface area contributed by atoms with Gasteiger partial charge in [-0.05, 0) is 17.7 Å². The third kappa shape index (κ3) is 5.63. The van der Waals surface area contributed by atoms with Crippen molar-refractivity contribution < 1.29 is 19.8 Å². The summed E-state index contributed by atoms with van der Waals surface area (Å²) in [5, 5.41) is 29.0. The van der Waals surface area contributed by atoms with E-state index in [0.717, 1.165) is 11.8 Å². The molecule has 0 saturated heterocycles. The fraction of sp³-hybridized carbons (Fsp3) is 0.308. The van der Waals surface area contributed by atoms with Crippen molar-refractivity contribution in [3.05, 3.63) is 29.8 Å². The minimum atomic E-state index is -1.13. The largest absolute Gasteiger partial charge is 0.508 e. The highest BCUT2D eigenvalue weighted by Gasteiger charge is 2.20. The summed E-state index contributed by atoms with van der Waals surface area (Å²) in [4.78, 5) is 22.6. The Hall–Kier alpha value is -2.20. The number of nitriles is 1. The maximum atomic E-state index is 11.5. The lowest BCUT2D eigenvalue weighted by Crippen LogP contribution is -2.43. The number of carbonyl (C=O) groups is 2. The van der Waals surface area contributed by atoms with Crippen molar-refractivity contribution in [3.8, 4) is 11.8 Å². The van der Waals surface area contributed by atoms with Gasteiger partial charge in [0.25, 0.3) is 0 Å². The fourth-order valence-electron chi connectivity index (χ4n) is 1.49. The molecule has 0 unspecified atom stereocenters. The Labute approximate surface area is 120 Å². The molecular formula is C13H14N2O4S. The molecule has 6 nitrogen and oxygen atoms in total. The molecule has 0 radical (unpaired) electrons. The number of carbonyl (C=O) groups excluding carboxylic acids is 1. The van der Waals surface area contributed by atoms with Crippen LogP contribution in [-0.4, -0.2) is 39.6 Å². The van der Waals surface area contributed by atoms with Crippen LogP contribution >= 0.6 is 11.8 Å². The number of carboxylic acids is 1. The molecule has 0 spiro atoms. The van der Waals surface area contributed by atoms with E-state index in [4.69, 9.17) is 15.5 Å². The topological polar surface area (TPSA) is 110 Å². The summed E-state index contributed by atoms with van der Waals surface area (Å²) >= 11 is 1.12. The minimum Gasteiger partial charge on any atom is -0.508 e. The van der Waals surface area contributed by atoms with Gasteiger partial charge in [0.1, 0.15) is 11.8 Å². The number of benzene rings is 1. The molecule has 1 aromatic carbocycles. The Morgan fingerprint density at radius 2 is 2.00 bits per heavy atom. The first-order chi connectivity index (χ1) is 9.52. The number of phenolic OH excluding ortho intramolecular Hbond substituents is 1. The monoisotopic (exact) mass is 294 g/mol. The van der Waals surface area contributed by atoms with E-state index in [1.807, 2.05) is 6.07 Å². The summed E-state index contributed by atoms with van der Waals surface area (Å²) in [6.45, 7) is 0. The van der Waals surface area contributed by atoms with Gasteiger partial charge in [0.05, 0.1) is 17.6 Å². The van der Waals surface area contributed by atoms with Crippen LogP contribution in [0.4, 0.5) is 0 Å². The lowest BCUT2D eigenvalue weighted by molar-refractivity contribution is -0.141. The van der Waals surface area contributed by atoms with Gasteiger partial charge in [0, 0.05) is 6.42 Å². The first kappa shape index (κ1) is 15.9. The average molecular weight is 294 g/mol. The van der Waals surface area contributed by atoms with Gasteiger partial charge in [-0.2, -0.15) is 5.26 Å². The highest BCUT2D eigenvalue weighted by molar-refractivity contribution is 8.00. The molecular weight excluding hydrogens is 280 g/mol. The molecule has 3 N–H and O–H groups in total. The zero-order chi connectivity index (χ0) is 15.0. The molecule has 1 amide bonds. The van der Waals surface area contributed by atoms with Gasteiger partial charge in [-0.15, -0.1) is 11.8 Å². The minimum absolute atomic E-state index is 0.0485. The average Bonchev–Trinajstić information content (AvgIpc) is 2.40. The number of rotatable bonds is 7. The van der Waals surface area contributed by atoms with Crippen LogP contribution in [0, 0.1) is 11.3 Å². The molecule has 1 rings (SSSR count). The van der Waals surface area contributed by atoms with Gasteiger partial charge in [-0.3, -0.25) is 4.79 Å². The van der Waals surface area contributed by atoms with Crippen LogP contribution in [0.3, 0.4) is 0 Å². The van der Waals surface area contributed by atoms with E-state index in [2.05, 4.69) is 5.32 Å². The van der Waals surface area contributed by atoms with Crippen LogP contribution in [0.25, 0.3) is 0 Å². The molecule has 0 aromatic heterocycles. The zero-order valence-electron chi connectivity index (χ0n) is 10.6. The van der Waals surface area contributed by atoms with Gasteiger partial charge >= 0.3 is 5.97 Å². The van der Waals surface area contributed by atoms with Crippen molar-refractivity contribution >= 4 is 23.6 Å². The van der Waals surface area contributed by atoms with Crippen molar-refractivity contribution in [3.63, 3.8) is 0 Å². The van der Waals surface area contributed by atoms with Crippen LogP contribution < -0.4 is 5.32 Å². The Morgan fingerprint density at radius 3 is 2.55 bits per heavy atom. The van der Waals surface area contributed by atoms with Crippen molar-refractivity contribution in [1.29, 1.82) is 5.26 Å². The standard InChI is InChI=1S/C13H14N2O4S/c14-5-6-20-8-12(17)15-11(13(18)19)7-9-1-3-10(16)4-2-9/h1-4,11,16H,6-8H2,(H,15,17)(H,18,19)/t11-/m1/s1. The zero-order valence-corrected chi connectivity index (χ0v) is 11.4.